The molecule has 1 fully saturated rings. The van der Waals surface area contributed by atoms with E-state index in [4.69, 9.17) is 4.74 Å². The van der Waals surface area contributed by atoms with Crippen LogP contribution in [0.2, 0.25) is 0 Å². The molecular formula is C9H17IO. The number of halogens is 1. The van der Waals surface area contributed by atoms with Crippen molar-refractivity contribution in [2.75, 3.05) is 17.6 Å². The topological polar surface area (TPSA) is 9.23 Å². The quantitative estimate of drug-likeness (QED) is 0.432. The molecule has 0 atom stereocenters. The molecule has 0 unspecified atom stereocenters. The van der Waals surface area contributed by atoms with Crippen LogP contribution < -0.4 is 0 Å². The molecule has 2 heteroatoms. The second-order valence-electron chi connectivity index (χ2n) is 3.24. The van der Waals surface area contributed by atoms with Crippen LogP contribution in [-0.4, -0.2) is 17.6 Å². The Labute approximate surface area is 83.0 Å². The van der Waals surface area contributed by atoms with Crippen molar-refractivity contribution < 1.29 is 4.74 Å². The van der Waals surface area contributed by atoms with Gasteiger partial charge in [0.1, 0.15) is 0 Å². The Balaban J connectivity index is 1.96. The molecule has 1 aliphatic heterocycles. The number of alkyl halides is 1. The van der Waals surface area contributed by atoms with Gasteiger partial charge < -0.3 is 4.74 Å². The Hall–Kier alpha value is 0.690. The highest BCUT2D eigenvalue weighted by molar-refractivity contribution is 14.1. The molecule has 1 heterocycles. The maximum atomic E-state index is 5.30. The minimum Gasteiger partial charge on any atom is -0.381 e. The van der Waals surface area contributed by atoms with Gasteiger partial charge in [0.15, 0.2) is 0 Å². The van der Waals surface area contributed by atoms with Crippen LogP contribution in [0.4, 0.5) is 0 Å². The minimum absolute atomic E-state index is 0.978. The molecule has 1 saturated heterocycles. The summed E-state index contributed by atoms with van der Waals surface area (Å²) < 4.78 is 6.62. The molecule has 0 bridgehead atoms. The molecule has 0 N–H and O–H groups in total. The van der Waals surface area contributed by atoms with E-state index in [9.17, 15) is 0 Å². The third kappa shape index (κ3) is 4.31. The van der Waals surface area contributed by atoms with Gasteiger partial charge in [-0.3, -0.25) is 0 Å². The zero-order chi connectivity index (χ0) is 7.94. The summed E-state index contributed by atoms with van der Waals surface area (Å²) in [6, 6.07) is 0. The molecule has 0 aromatic carbocycles. The van der Waals surface area contributed by atoms with Crippen LogP contribution in [0, 0.1) is 5.92 Å². The van der Waals surface area contributed by atoms with E-state index in [-0.39, 0.29) is 0 Å². The van der Waals surface area contributed by atoms with Crippen molar-refractivity contribution in [1.29, 1.82) is 0 Å². The van der Waals surface area contributed by atoms with Gasteiger partial charge in [-0.2, -0.15) is 0 Å². The Bertz CT molecular complexity index is 89.6. The number of ether oxygens (including phenoxy) is 1. The van der Waals surface area contributed by atoms with Crippen LogP contribution >= 0.6 is 22.6 Å². The smallest absolute Gasteiger partial charge is 0.0468 e. The molecule has 66 valence electrons. The lowest BCUT2D eigenvalue weighted by Gasteiger charge is -2.21. The first-order chi connectivity index (χ1) is 5.43. The molecule has 1 rings (SSSR count). The zero-order valence-corrected chi connectivity index (χ0v) is 9.18. The largest absolute Gasteiger partial charge is 0.381 e. The zero-order valence-electron chi connectivity index (χ0n) is 7.02. The molecule has 0 aromatic rings. The van der Waals surface area contributed by atoms with Gasteiger partial charge in [0.05, 0.1) is 0 Å². The van der Waals surface area contributed by atoms with Crippen molar-refractivity contribution in [3.8, 4) is 0 Å². The second-order valence-corrected chi connectivity index (χ2v) is 4.32. The number of rotatable bonds is 4. The highest BCUT2D eigenvalue weighted by atomic mass is 127. The van der Waals surface area contributed by atoms with E-state index < -0.39 is 0 Å². The maximum Gasteiger partial charge on any atom is 0.0468 e. The summed E-state index contributed by atoms with van der Waals surface area (Å²) in [5.41, 5.74) is 0. The number of hydrogen-bond donors (Lipinski definition) is 0. The van der Waals surface area contributed by atoms with E-state index in [1.54, 1.807) is 0 Å². The molecule has 0 saturated carbocycles. The number of unbranched alkanes of at least 4 members (excludes halogenated alkanes) is 1. The lowest BCUT2D eigenvalue weighted by atomic mass is 9.94. The molecular weight excluding hydrogens is 251 g/mol. The van der Waals surface area contributed by atoms with Crippen LogP contribution in [0.3, 0.4) is 0 Å². The van der Waals surface area contributed by atoms with Crippen LogP contribution in [0.25, 0.3) is 0 Å². The van der Waals surface area contributed by atoms with Crippen molar-refractivity contribution >= 4 is 22.6 Å². The Kier molecular flexibility index (Phi) is 5.54. The lowest BCUT2D eigenvalue weighted by molar-refractivity contribution is 0.0633. The summed E-state index contributed by atoms with van der Waals surface area (Å²) in [7, 11) is 0. The van der Waals surface area contributed by atoms with Crippen LogP contribution in [0.15, 0.2) is 0 Å². The van der Waals surface area contributed by atoms with Gasteiger partial charge in [-0.25, -0.2) is 0 Å². The van der Waals surface area contributed by atoms with E-state index in [2.05, 4.69) is 22.6 Å². The summed E-state index contributed by atoms with van der Waals surface area (Å²) in [4.78, 5) is 0. The summed E-state index contributed by atoms with van der Waals surface area (Å²) in [5, 5.41) is 0. The van der Waals surface area contributed by atoms with Crippen LogP contribution in [0.5, 0.6) is 0 Å². The van der Waals surface area contributed by atoms with Crippen molar-refractivity contribution in [3.63, 3.8) is 0 Å². The van der Waals surface area contributed by atoms with Gasteiger partial charge in [0, 0.05) is 13.2 Å². The van der Waals surface area contributed by atoms with E-state index in [0.29, 0.717) is 0 Å². The third-order valence-electron chi connectivity index (χ3n) is 2.34. The fraction of sp³-hybridized carbons (Fsp3) is 1.00. The van der Waals surface area contributed by atoms with Crippen molar-refractivity contribution in [2.24, 2.45) is 5.92 Å². The predicted octanol–water partition coefficient (Wildman–Crippen LogP) is 3.02. The van der Waals surface area contributed by atoms with Crippen molar-refractivity contribution in [3.05, 3.63) is 0 Å². The Morgan fingerprint density at radius 2 is 1.91 bits per heavy atom. The average Bonchev–Trinajstić information content (AvgIpc) is 2.07. The van der Waals surface area contributed by atoms with Crippen LogP contribution in [0.1, 0.15) is 32.1 Å². The van der Waals surface area contributed by atoms with Crippen molar-refractivity contribution in [1.82, 2.24) is 0 Å². The SMILES string of the molecule is ICCCCC1CCOCC1. The van der Waals surface area contributed by atoms with E-state index >= 15 is 0 Å². The average molecular weight is 268 g/mol. The van der Waals surface area contributed by atoms with Gasteiger partial charge >= 0.3 is 0 Å². The second kappa shape index (κ2) is 6.23. The predicted molar refractivity (Wildman–Crippen MR) is 56.3 cm³/mol. The summed E-state index contributed by atoms with van der Waals surface area (Å²) in [6.45, 7) is 2.02. The number of hydrogen-bond acceptors (Lipinski definition) is 1. The summed E-state index contributed by atoms with van der Waals surface area (Å²) in [5.74, 6) is 0.978. The molecule has 0 aliphatic carbocycles. The Morgan fingerprint density at radius 3 is 2.55 bits per heavy atom. The van der Waals surface area contributed by atoms with E-state index in [1.165, 1.54) is 36.5 Å². The highest BCUT2D eigenvalue weighted by Gasteiger charge is 2.12. The molecule has 11 heavy (non-hydrogen) atoms. The fourth-order valence-electron chi connectivity index (χ4n) is 1.56. The van der Waals surface area contributed by atoms with Gasteiger partial charge in [-0.05, 0) is 29.6 Å². The molecule has 1 nitrogen and oxygen atoms in total. The highest BCUT2D eigenvalue weighted by Crippen LogP contribution is 2.20. The monoisotopic (exact) mass is 268 g/mol. The first-order valence-corrected chi connectivity index (χ1v) is 6.09. The molecule has 0 aromatic heterocycles. The van der Waals surface area contributed by atoms with Gasteiger partial charge in [0.2, 0.25) is 0 Å². The van der Waals surface area contributed by atoms with Crippen LogP contribution in [-0.2, 0) is 4.74 Å². The normalized spacial score (nSPS) is 20.5. The molecule has 0 spiro atoms. The van der Waals surface area contributed by atoms with E-state index in [0.717, 1.165) is 19.1 Å². The van der Waals surface area contributed by atoms with Gasteiger partial charge in [-0.1, -0.05) is 35.4 Å². The summed E-state index contributed by atoms with van der Waals surface area (Å²) in [6.07, 6.45) is 6.88. The molecule has 1 aliphatic rings. The lowest BCUT2D eigenvalue weighted by Crippen LogP contribution is -2.15. The first kappa shape index (κ1) is 9.78. The minimum atomic E-state index is 0.978. The summed E-state index contributed by atoms with van der Waals surface area (Å²) >= 11 is 2.46. The maximum absolute atomic E-state index is 5.30. The molecule has 0 amide bonds. The Morgan fingerprint density at radius 1 is 1.18 bits per heavy atom. The van der Waals surface area contributed by atoms with Gasteiger partial charge in [0.25, 0.3) is 0 Å². The van der Waals surface area contributed by atoms with E-state index in [1.807, 2.05) is 0 Å². The third-order valence-corrected chi connectivity index (χ3v) is 3.10. The first-order valence-electron chi connectivity index (χ1n) is 4.57. The standard InChI is InChI=1S/C9H17IO/c10-6-2-1-3-9-4-7-11-8-5-9/h9H,1-8H2. The van der Waals surface area contributed by atoms with Gasteiger partial charge in [-0.15, -0.1) is 0 Å². The fourth-order valence-corrected chi connectivity index (χ4v) is 2.10. The van der Waals surface area contributed by atoms with Crippen molar-refractivity contribution in [2.45, 2.75) is 32.1 Å². The molecule has 0 radical (unpaired) electrons.